The fraction of sp³-hybridized carbons (Fsp3) is 0.235. The van der Waals surface area contributed by atoms with Crippen molar-refractivity contribution in [3.63, 3.8) is 0 Å². The summed E-state index contributed by atoms with van der Waals surface area (Å²) in [6.45, 7) is 1.91. The van der Waals surface area contributed by atoms with Crippen LogP contribution in [0.2, 0.25) is 0 Å². The highest BCUT2D eigenvalue weighted by atomic mass is 32.2. The predicted molar refractivity (Wildman–Crippen MR) is 96.9 cm³/mol. The number of hydrogen-bond acceptors (Lipinski definition) is 5. The molecular formula is C17H17N3OS2. The fourth-order valence-electron chi connectivity index (χ4n) is 2.23. The van der Waals surface area contributed by atoms with Crippen molar-refractivity contribution in [1.29, 1.82) is 0 Å². The van der Waals surface area contributed by atoms with Gasteiger partial charge in [0.05, 0.1) is 15.6 Å². The quantitative estimate of drug-likeness (QED) is 0.532. The number of hydrogen-bond donors (Lipinski definition) is 0. The Morgan fingerprint density at radius 1 is 1.17 bits per heavy atom. The van der Waals surface area contributed by atoms with Gasteiger partial charge >= 0.3 is 0 Å². The van der Waals surface area contributed by atoms with Crippen molar-refractivity contribution >= 4 is 39.9 Å². The van der Waals surface area contributed by atoms with Crippen LogP contribution >= 0.6 is 23.1 Å². The number of nitrogens with zero attached hydrogens (tertiary/aromatic N) is 3. The zero-order valence-electron chi connectivity index (χ0n) is 13.2. The molecule has 118 valence electrons. The Morgan fingerprint density at radius 2 is 1.96 bits per heavy atom. The summed E-state index contributed by atoms with van der Waals surface area (Å²) in [6.07, 6.45) is 0. The molecule has 6 heteroatoms. The SMILES string of the molecule is C[C@H](Sc1nc(-c2cccs2)nc2ccccc12)C(=O)N(C)C. The largest absolute Gasteiger partial charge is 0.348 e. The van der Waals surface area contributed by atoms with Crippen molar-refractivity contribution in [2.24, 2.45) is 0 Å². The molecule has 0 aliphatic carbocycles. The number of aromatic nitrogens is 2. The van der Waals surface area contributed by atoms with E-state index >= 15 is 0 Å². The number of para-hydroxylation sites is 1. The predicted octanol–water partition coefficient (Wildman–Crippen LogP) is 3.93. The average molecular weight is 343 g/mol. The van der Waals surface area contributed by atoms with E-state index in [-0.39, 0.29) is 11.2 Å². The molecule has 3 aromatic rings. The van der Waals surface area contributed by atoms with E-state index in [1.807, 2.05) is 48.7 Å². The molecule has 4 nitrogen and oxygen atoms in total. The molecule has 0 spiro atoms. The molecule has 2 aromatic heterocycles. The standard InChI is InChI=1S/C17H17N3OS2/c1-11(17(21)20(2)3)23-16-12-7-4-5-8-13(12)18-15(19-16)14-9-6-10-22-14/h4-11H,1-3H3/t11-/m0/s1. The van der Waals surface area contributed by atoms with Crippen LogP contribution in [-0.2, 0) is 4.79 Å². The maximum atomic E-state index is 12.2. The van der Waals surface area contributed by atoms with Crippen LogP contribution < -0.4 is 0 Å². The molecule has 1 atom stereocenters. The van der Waals surface area contributed by atoms with Gasteiger partial charge in [-0.25, -0.2) is 9.97 Å². The van der Waals surface area contributed by atoms with Gasteiger partial charge in [-0.1, -0.05) is 36.0 Å². The molecule has 0 saturated carbocycles. The second-order valence-electron chi connectivity index (χ2n) is 5.34. The van der Waals surface area contributed by atoms with Crippen molar-refractivity contribution in [2.75, 3.05) is 14.1 Å². The number of fused-ring (bicyclic) bond motifs is 1. The average Bonchev–Trinajstić information content (AvgIpc) is 3.08. The highest BCUT2D eigenvalue weighted by molar-refractivity contribution is 8.00. The number of thioether (sulfide) groups is 1. The van der Waals surface area contributed by atoms with Gasteiger partial charge in [0.2, 0.25) is 5.91 Å². The summed E-state index contributed by atoms with van der Waals surface area (Å²) in [5.41, 5.74) is 0.901. The lowest BCUT2D eigenvalue weighted by molar-refractivity contribution is -0.127. The molecule has 0 aliphatic heterocycles. The Balaban J connectivity index is 2.05. The lowest BCUT2D eigenvalue weighted by atomic mass is 10.2. The summed E-state index contributed by atoms with van der Waals surface area (Å²) in [5, 5.41) is 3.65. The summed E-state index contributed by atoms with van der Waals surface area (Å²) in [4.78, 5) is 24.2. The van der Waals surface area contributed by atoms with Crippen molar-refractivity contribution in [3.05, 3.63) is 41.8 Å². The molecule has 23 heavy (non-hydrogen) atoms. The molecule has 0 N–H and O–H groups in total. The first-order chi connectivity index (χ1) is 11.1. The number of carbonyl (C=O) groups is 1. The fourth-order valence-corrected chi connectivity index (χ4v) is 3.98. The van der Waals surface area contributed by atoms with E-state index in [1.165, 1.54) is 11.8 Å². The number of rotatable bonds is 4. The van der Waals surface area contributed by atoms with Crippen LogP contribution in [0.1, 0.15) is 6.92 Å². The van der Waals surface area contributed by atoms with Gasteiger partial charge in [0.25, 0.3) is 0 Å². The third kappa shape index (κ3) is 3.38. The Morgan fingerprint density at radius 3 is 2.65 bits per heavy atom. The van der Waals surface area contributed by atoms with Gasteiger partial charge in [-0.15, -0.1) is 11.3 Å². The smallest absolute Gasteiger partial charge is 0.235 e. The Kier molecular flexibility index (Phi) is 4.63. The van der Waals surface area contributed by atoms with E-state index in [9.17, 15) is 4.79 Å². The molecule has 0 radical (unpaired) electrons. The Bertz CT molecular complexity index is 831. The zero-order chi connectivity index (χ0) is 16.4. The third-order valence-corrected chi connectivity index (χ3v) is 5.34. The van der Waals surface area contributed by atoms with Gasteiger partial charge < -0.3 is 4.90 Å². The summed E-state index contributed by atoms with van der Waals surface area (Å²) < 4.78 is 0. The van der Waals surface area contributed by atoms with E-state index in [0.717, 1.165) is 20.8 Å². The molecule has 3 rings (SSSR count). The molecule has 0 unspecified atom stereocenters. The molecule has 0 aliphatic rings. The second kappa shape index (κ2) is 6.68. The summed E-state index contributed by atoms with van der Waals surface area (Å²) >= 11 is 3.10. The normalized spacial score (nSPS) is 12.3. The van der Waals surface area contributed by atoms with Crippen LogP contribution in [0, 0.1) is 0 Å². The number of carbonyl (C=O) groups excluding carboxylic acids is 1. The van der Waals surface area contributed by atoms with Gasteiger partial charge in [-0.3, -0.25) is 4.79 Å². The first-order valence-electron chi connectivity index (χ1n) is 7.24. The summed E-state index contributed by atoms with van der Waals surface area (Å²) in [6, 6.07) is 11.9. The van der Waals surface area contributed by atoms with Crippen molar-refractivity contribution in [1.82, 2.24) is 14.9 Å². The highest BCUT2D eigenvalue weighted by Gasteiger charge is 2.19. The van der Waals surface area contributed by atoms with Crippen LogP contribution in [0.4, 0.5) is 0 Å². The number of amides is 1. The van der Waals surface area contributed by atoms with Crippen molar-refractivity contribution in [3.8, 4) is 10.7 Å². The van der Waals surface area contributed by atoms with Gasteiger partial charge in [0.1, 0.15) is 5.03 Å². The Hall–Kier alpha value is -1.92. The first-order valence-corrected chi connectivity index (χ1v) is 9.00. The van der Waals surface area contributed by atoms with Crippen molar-refractivity contribution < 1.29 is 4.79 Å². The maximum Gasteiger partial charge on any atom is 0.235 e. The minimum absolute atomic E-state index is 0.0790. The molecule has 0 fully saturated rings. The number of benzene rings is 1. The van der Waals surface area contributed by atoms with Crippen LogP contribution in [-0.4, -0.2) is 40.1 Å². The molecule has 1 amide bonds. The summed E-state index contributed by atoms with van der Waals surface area (Å²) in [5.74, 6) is 0.793. The highest BCUT2D eigenvalue weighted by Crippen LogP contribution is 2.32. The van der Waals surface area contributed by atoms with Gasteiger partial charge in [-0.05, 0) is 24.4 Å². The molecule has 0 saturated heterocycles. The van der Waals surface area contributed by atoms with Crippen LogP contribution in [0.3, 0.4) is 0 Å². The third-order valence-electron chi connectivity index (χ3n) is 3.39. The van der Waals surface area contributed by atoms with Crippen LogP contribution in [0.25, 0.3) is 21.6 Å². The topological polar surface area (TPSA) is 46.1 Å². The Labute approximate surface area is 143 Å². The van der Waals surface area contributed by atoms with Crippen molar-refractivity contribution in [2.45, 2.75) is 17.2 Å². The maximum absolute atomic E-state index is 12.2. The lowest BCUT2D eigenvalue weighted by Crippen LogP contribution is -2.29. The molecule has 2 heterocycles. The van der Waals surface area contributed by atoms with E-state index in [2.05, 4.69) is 4.98 Å². The summed E-state index contributed by atoms with van der Waals surface area (Å²) in [7, 11) is 3.54. The van der Waals surface area contributed by atoms with Gasteiger partial charge in [0.15, 0.2) is 5.82 Å². The van der Waals surface area contributed by atoms with E-state index < -0.39 is 0 Å². The second-order valence-corrected chi connectivity index (χ2v) is 7.62. The number of thiophene rings is 1. The van der Waals surface area contributed by atoms with E-state index in [1.54, 1.807) is 30.3 Å². The first kappa shape index (κ1) is 16.0. The minimum atomic E-state index is -0.195. The lowest BCUT2D eigenvalue weighted by Gasteiger charge is -2.17. The van der Waals surface area contributed by atoms with Gasteiger partial charge in [0, 0.05) is 19.5 Å². The molecule has 1 aromatic carbocycles. The monoisotopic (exact) mass is 343 g/mol. The zero-order valence-corrected chi connectivity index (χ0v) is 14.8. The minimum Gasteiger partial charge on any atom is -0.348 e. The molecular weight excluding hydrogens is 326 g/mol. The van der Waals surface area contributed by atoms with E-state index in [0.29, 0.717) is 5.82 Å². The van der Waals surface area contributed by atoms with E-state index in [4.69, 9.17) is 4.98 Å². The van der Waals surface area contributed by atoms with Gasteiger partial charge in [-0.2, -0.15) is 0 Å². The van der Waals surface area contributed by atoms with Crippen LogP contribution in [0.15, 0.2) is 46.8 Å². The molecule has 0 bridgehead atoms. The van der Waals surface area contributed by atoms with Crippen LogP contribution in [0.5, 0.6) is 0 Å².